The van der Waals surface area contributed by atoms with Crippen LogP contribution in [0.15, 0.2) is 12.1 Å². The van der Waals surface area contributed by atoms with E-state index in [0.29, 0.717) is 32.5 Å². The minimum absolute atomic E-state index is 0.0688. The Morgan fingerprint density at radius 1 is 1.04 bits per heavy atom. The second-order valence-electron chi connectivity index (χ2n) is 7.71. The van der Waals surface area contributed by atoms with Crippen molar-refractivity contribution in [1.29, 1.82) is 0 Å². The number of Topliss-reactive ketones (excluding diaryl/α,β-unsaturated/α-hetero) is 1. The number of ether oxygens (including phenoxy) is 1. The molecule has 0 aliphatic carbocycles. The number of hydroxylamine groups is 4. The quantitative estimate of drug-likeness (QED) is 0.547. The molecule has 0 saturated carbocycles. The van der Waals surface area contributed by atoms with Crippen molar-refractivity contribution in [2.24, 2.45) is 0 Å². The van der Waals surface area contributed by atoms with Gasteiger partial charge in [0.25, 0.3) is 5.91 Å². The highest BCUT2D eigenvalue weighted by atomic mass is 16.7. The zero-order valence-electron chi connectivity index (χ0n) is 17.4. The molecular weight excluding hydrogens is 360 g/mol. The first-order valence-corrected chi connectivity index (χ1v) is 9.72. The number of ketones is 1. The van der Waals surface area contributed by atoms with Gasteiger partial charge in [-0.05, 0) is 50.3 Å². The Labute approximate surface area is 166 Å². The third-order valence-corrected chi connectivity index (χ3v) is 5.90. The lowest BCUT2D eigenvalue weighted by Crippen LogP contribution is -2.56. The zero-order valence-corrected chi connectivity index (χ0v) is 17.4. The van der Waals surface area contributed by atoms with Gasteiger partial charge in [0.2, 0.25) is 0 Å². The maximum absolute atomic E-state index is 13.7. The van der Waals surface area contributed by atoms with Crippen LogP contribution in [0.25, 0.3) is 0 Å². The number of hydrogen-bond donors (Lipinski definition) is 0. The molecule has 2 fully saturated rings. The number of amides is 1. The number of aryl methyl sites for hydroxylation is 3. The van der Waals surface area contributed by atoms with E-state index in [9.17, 15) is 9.59 Å². The summed E-state index contributed by atoms with van der Waals surface area (Å²) in [5, 5.41) is 3.16. The topological polar surface area (TPSA) is 68.3 Å². The summed E-state index contributed by atoms with van der Waals surface area (Å²) in [4.78, 5) is 38.2. The van der Waals surface area contributed by atoms with Gasteiger partial charge in [0.1, 0.15) is 11.5 Å². The lowest BCUT2D eigenvalue weighted by molar-refractivity contribution is -0.232. The molecule has 2 aliphatic rings. The molecule has 1 atom stereocenters. The average Bonchev–Trinajstić information content (AvgIpc) is 2.84. The fourth-order valence-electron chi connectivity index (χ4n) is 4.60. The molecule has 1 unspecified atom stereocenters. The first-order chi connectivity index (χ1) is 13.4. The van der Waals surface area contributed by atoms with E-state index in [1.54, 1.807) is 14.2 Å². The van der Waals surface area contributed by atoms with E-state index in [1.807, 2.05) is 38.0 Å². The van der Waals surface area contributed by atoms with Crippen molar-refractivity contribution < 1.29 is 24.0 Å². The van der Waals surface area contributed by atoms with Gasteiger partial charge >= 0.3 is 0 Å². The van der Waals surface area contributed by atoms with Crippen LogP contribution in [0.5, 0.6) is 0 Å². The molecule has 2 saturated heterocycles. The molecule has 3 rings (SSSR count). The molecule has 0 aromatic heterocycles. The van der Waals surface area contributed by atoms with E-state index < -0.39 is 11.5 Å². The number of carbonyl (C=O) groups excluding carboxylic acids is 2. The Hall–Kier alpha value is -1.80. The van der Waals surface area contributed by atoms with E-state index in [1.165, 1.54) is 5.06 Å². The number of carbonyl (C=O) groups is 2. The SMILES string of the molecule is COCCON1C(=O)C(c2c(C)cc(C)cc2C)C(=O)C12CCN(OC)CC2. The molecule has 1 spiro atoms. The molecule has 0 N–H and O–H groups in total. The molecule has 1 aromatic rings. The Kier molecular flexibility index (Phi) is 6.19. The minimum Gasteiger partial charge on any atom is -0.382 e. The monoisotopic (exact) mass is 390 g/mol. The van der Waals surface area contributed by atoms with Crippen LogP contribution in [-0.4, -0.2) is 67.9 Å². The molecule has 28 heavy (non-hydrogen) atoms. The molecule has 0 bridgehead atoms. The van der Waals surface area contributed by atoms with Crippen molar-refractivity contribution in [3.8, 4) is 0 Å². The van der Waals surface area contributed by atoms with Gasteiger partial charge < -0.3 is 9.57 Å². The van der Waals surface area contributed by atoms with Crippen LogP contribution < -0.4 is 0 Å². The highest BCUT2D eigenvalue weighted by molar-refractivity contribution is 6.17. The number of nitrogens with zero attached hydrogens (tertiary/aromatic N) is 2. The largest absolute Gasteiger partial charge is 0.382 e. The predicted octanol–water partition coefficient (Wildman–Crippen LogP) is 2.08. The molecule has 2 aliphatic heterocycles. The Morgan fingerprint density at radius 3 is 2.18 bits per heavy atom. The first-order valence-electron chi connectivity index (χ1n) is 9.72. The fourth-order valence-corrected chi connectivity index (χ4v) is 4.60. The van der Waals surface area contributed by atoms with Gasteiger partial charge in [-0.15, -0.1) is 0 Å². The van der Waals surface area contributed by atoms with Gasteiger partial charge in [-0.2, -0.15) is 5.06 Å². The van der Waals surface area contributed by atoms with Crippen molar-refractivity contribution in [1.82, 2.24) is 10.1 Å². The first kappa shape index (κ1) is 20.9. The fraction of sp³-hybridized carbons (Fsp3) is 0.619. The van der Waals surface area contributed by atoms with Crippen molar-refractivity contribution >= 4 is 11.7 Å². The van der Waals surface area contributed by atoms with Gasteiger partial charge in [-0.3, -0.25) is 14.4 Å². The summed E-state index contributed by atoms with van der Waals surface area (Å²) in [6, 6.07) is 4.05. The highest BCUT2D eigenvalue weighted by Crippen LogP contribution is 2.44. The smallest absolute Gasteiger partial charge is 0.262 e. The summed E-state index contributed by atoms with van der Waals surface area (Å²) in [5.41, 5.74) is 2.91. The van der Waals surface area contributed by atoms with Gasteiger partial charge in [0.05, 0.1) is 20.3 Å². The third-order valence-electron chi connectivity index (χ3n) is 5.90. The summed E-state index contributed by atoms with van der Waals surface area (Å²) >= 11 is 0. The number of piperidine rings is 1. The summed E-state index contributed by atoms with van der Waals surface area (Å²) in [6.45, 7) is 7.66. The van der Waals surface area contributed by atoms with Crippen molar-refractivity contribution in [3.05, 3.63) is 34.4 Å². The van der Waals surface area contributed by atoms with E-state index >= 15 is 0 Å². The molecule has 1 amide bonds. The normalized spacial score (nSPS) is 22.5. The van der Waals surface area contributed by atoms with Crippen molar-refractivity contribution in [2.75, 3.05) is 40.5 Å². The van der Waals surface area contributed by atoms with Gasteiger partial charge in [-0.25, -0.2) is 5.06 Å². The molecular formula is C21H30N2O5. The second-order valence-corrected chi connectivity index (χ2v) is 7.71. The van der Waals surface area contributed by atoms with E-state index in [-0.39, 0.29) is 18.3 Å². The molecule has 154 valence electrons. The molecule has 7 nitrogen and oxygen atoms in total. The lowest BCUT2D eigenvalue weighted by Gasteiger charge is -2.41. The van der Waals surface area contributed by atoms with Crippen LogP contribution in [0.3, 0.4) is 0 Å². The minimum atomic E-state index is -0.950. The zero-order chi connectivity index (χ0) is 20.5. The number of methoxy groups -OCH3 is 1. The van der Waals surface area contributed by atoms with Crippen LogP contribution in [0.4, 0.5) is 0 Å². The molecule has 0 radical (unpaired) electrons. The van der Waals surface area contributed by atoms with Gasteiger partial charge in [-0.1, -0.05) is 17.7 Å². The summed E-state index contributed by atoms with van der Waals surface area (Å²) in [6.07, 6.45) is 0.970. The summed E-state index contributed by atoms with van der Waals surface area (Å²) in [7, 11) is 3.20. The van der Waals surface area contributed by atoms with Gasteiger partial charge in [0, 0.05) is 20.2 Å². The Balaban J connectivity index is 2.00. The highest BCUT2D eigenvalue weighted by Gasteiger charge is 2.61. The Morgan fingerprint density at radius 2 is 1.64 bits per heavy atom. The van der Waals surface area contributed by atoms with E-state index in [4.69, 9.17) is 14.4 Å². The second kappa shape index (κ2) is 8.29. The molecule has 2 heterocycles. The van der Waals surface area contributed by atoms with Crippen molar-refractivity contribution in [3.63, 3.8) is 0 Å². The maximum Gasteiger partial charge on any atom is 0.262 e. The van der Waals surface area contributed by atoms with E-state index in [2.05, 4.69) is 0 Å². The number of hydrogen-bond acceptors (Lipinski definition) is 6. The third kappa shape index (κ3) is 3.48. The Bertz CT molecular complexity index is 732. The number of benzene rings is 1. The molecule has 1 aromatic carbocycles. The average molecular weight is 390 g/mol. The van der Waals surface area contributed by atoms with Gasteiger partial charge in [0.15, 0.2) is 5.78 Å². The van der Waals surface area contributed by atoms with Crippen LogP contribution in [0, 0.1) is 20.8 Å². The molecule has 7 heteroatoms. The standard InChI is InChI=1S/C21H30N2O5/c1-14-12-15(2)17(16(3)13-14)18-19(24)21(6-8-22(27-5)9-7-21)23(20(18)25)28-11-10-26-4/h12-13,18H,6-11H2,1-5H3. The van der Waals surface area contributed by atoms with Crippen LogP contribution in [0.1, 0.15) is 41.0 Å². The summed E-state index contributed by atoms with van der Waals surface area (Å²) < 4.78 is 5.06. The number of rotatable bonds is 6. The lowest BCUT2D eigenvalue weighted by atomic mass is 9.79. The predicted molar refractivity (Wildman–Crippen MR) is 104 cm³/mol. The maximum atomic E-state index is 13.7. The van der Waals surface area contributed by atoms with Crippen molar-refractivity contribution in [2.45, 2.75) is 45.1 Å². The van der Waals surface area contributed by atoms with Crippen LogP contribution in [0.2, 0.25) is 0 Å². The summed E-state index contributed by atoms with van der Waals surface area (Å²) in [5.74, 6) is -1.17. The van der Waals surface area contributed by atoms with Crippen LogP contribution in [-0.2, 0) is 24.0 Å². The van der Waals surface area contributed by atoms with Crippen LogP contribution >= 0.6 is 0 Å². The van der Waals surface area contributed by atoms with E-state index in [0.717, 1.165) is 22.3 Å².